The number of hydrogen-bond acceptors (Lipinski definition) is 3. The van der Waals surface area contributed by atoms with E-state index in [4.69, 9.17) is 0 Å². The highest BCUT2D eigenvalue weighted by Gasteiger charge is 2.22. The van der Waals surface area contributed by atoms with Crippen LogP contribution in [0, 0.1) is 6.92 Å². The number of anilines is 2. The Morgan fingerprint density at radius 3 is 2.62 bits per heavy atom. The van der Waals surface area contributed by atoms with Gasteiger partial charge in [-0.15, -0.1) is 0 Å². The van der Waals surface area contributed by atoms with E-state index in [0.29, 0.717) is 5.56 Å². The van der Waals surface area contributed by atoms with Crippen molar-refractivity contribution in [1.29, 1.82) is 0 Å². The molecule has 1 aliphatic rings. The minimum absolute atomic E-state index is 0.124. The van der Waals surface area contributed by atoms with E-state index in [1.54, 1.807) is 6.20 Å². The van der Waals surface area contributed by atoms with Gasteiger partial charge in [-0.05, 0) is 48.2 Å². The first kappa shape index (κ1) is 16.3. The summed E-state index contributed by atoms with van der Waals surface area (Å²) in [5.41, 5.74) is 5.16. The third-order valence-corrected chi connectivity index (χ3v) is 4.85. The molecule has 1 aliphatic heterocycles. The summed E-state index contributed by atoms with van der Waals surface area (Å²) in [4.78, 5) is 19.6. The van der Waals surface area contributed by atoms with Crippen molar-refractivity contribution in [1.82, 2.24) is 4.98 Å². The number of pyridine rings is 1. The minimum atomic E-state index is -0.124. The van der Waals surface area contributed by atoms with Gasteiger partial charge in [0.15, 0.2) is 0 Å². The molecule has 3 aromatic rings. The monoisotopic (exact) mass is 343 g/mol. The zero-order valence-electron chi connectivity index (χ0n) is 14.8. The fraction of sp³-hybridized carbons (Fsp3) is 0.182. The Bertz CT molecular complexity index is 951. The van der Waals surface area contributed by atoms with E-state index in [-0.39, 0.29) is 5.91 Å². The van der Waals surface area contributed by atoms with Crippen LogP contribution in [-0.2, 0) is 13.0 Å². The van der Waals surface area contributed by atoms with Crippen LogP contribution in [0.3, 0.4) is 0 Å². The average Bonchev–Trinajstić information content (AvgIpc) is 2.69. The van der Waals surface area contributed by atoms with Gasteiger partial charge >= 0.3 is 0 Å². The highest BCUT2D eigenvalue weighted by atomic mass is 16.1. The maximum Gasteiger partial charge on any atom is 0.259 e. The van der Waals surface area contributed by atoms with Crippen molar-refractivity contribution in [3.63, 3.8) is 0 Å². The first-order valence-electron chi connectivity index (χ1n) is 8.86. The molecule has 0 atom stereocenters. The molecular weight excluding hydrogens is 322 g/mol. The van der Waals surface area contributed by atoms with Gasteiger partial charge in [-0.2, -0.15) is 0 Å². The molecule has 0 fully saturated rings. The predicted molar refractivity (Wildman–Crippen MR) is 105 cm³/mol. The van der Waals surface area contributed by atoms with E-state index in [0.717, 1.165) is 36.6 Å². The van der Waals surface area contributed by atoms with E-state index in [1.165, 1.54) is 11.1 Å². The first-order chi connectivity index (χ1) is 12.7. The lowest BCUT2D eigenvalue weighted by atomic mass is 9.99. The van der Waals surface area contributed by atoms with Crippen LogP contribution in [0.1, 0.15) is 27.0 Å². The largest absolute Gasteiger partial charge is 0.351 e. The van der Waals surface area contributed by atoms with Crippen LogP contribution in [0.4, 0.5) is 11.5 Å². The Kier molecular flexibility index (Phi) is 4.40. The van der Waals surface area contributed by atoms with Crippen LogP contribution < -0.4 is 10.2 Å². The molecule has 1 amide bonds. The van der Waals surface area contributed by atoms with Crippen molar-refractivity contribution in [2.45, 2.75) is 19.9 Å². The number of nitrogens with zero attached hydrogens (tertiary/aromatic N) is 2. The molecule has 0 unspecified atom stereocenters. The SMILES string of the molecule is Cc1ccccc1NC(=O)c1cccnc1N1CCc2ccccc2C1. The molecule has 4 rings (SSSR count). The third-order valence-electron chi connectivity index (χ3n) is 4.85. The standard InChI is InChI=1S/C22H21N3O/c1-16-7-2-5-11-20(16)24-22(26)19-10-6-13-23-21(19)25-14-12-17-8-3-4-9-18(17)15-25/h2-11,13H,12,14-15H2,1H3,(H,24,26). The van der Waals surface area contributed by atoms with E-state index in [2.05, 4.69) is 39.5 Å². The van der Waals surface area contributed by atoms with Crippen LogP contribution in [0.5, 0.6) is 0 Å². The highest BCUT2D eigenvalue weighted by molar-refractivity contribution is 6.07. The highest BCUT2D eigenvalue weighted by Crippen LogP contribution is 2.26. The van der Waals surface area contributed by atoms with Gasteiger partial charge in [0.25, 0.3) is 5.91 Å². The van der Waals surface area contributed by atoms with Crippen LogP contribution in [0.2, 0.25) is 0 Å². The number of aromatic nitrogens is 1. The smallest absolute Gasteiger partial charge is 0.259 e. The van der Waals surface area contributed by atoms with Crippen LogP contribution in [0.15, 0.2) is 66.9 Å². The first-order valence-corrected chi connectivity index (χ1v) is 8.86. The van der Waals surface area contributed by atoms with Gasteiger partial charge < -0.3 is 10.2 Å². The molecule has 0 spiro atoms. The Hall–Kier alpha value is -3.14. The third kappa shape index (κ3) is 3.18. The van der Waals surface area contributed by atoms with E-state index >= 15 is 0 Å². The number of hydrogen-bond donors (Lipinski definition) is 1. The van der Waals surface area contributed by atoms with E-state index < -0.39 is 0 Å². The summed E-state index contributed by atoms with van der Waals surface area (Å²) in [5.74, 6) is 0.620. The van der Waals surface area contributed by atoms with E-state index in [9.17, 15) is 4.79 Å². The molecular formula is C22H21N3O. The second-order valence-electron chi connectivity index (χ2n) is 6.58. The minimum Gasteiger partial charge on any atom is -0.351 e. The fourth-order valence-electron chi connectivity index (χ4n) is 3.41. The summed E-state index contributed by atoms with van der Waals surface area (Å²) in [6.07, 6.45) is 2.71. The molecule has 0 aliphatic carbocycles. The quantitative estimate of drug-likeness (QED) is 0.775. The lowest BCUT2D eigenvalue weighted by Crippen LogP contribution is -2.32. The van der Waals surface area contributed by atoms with Gasteiger partial charge in [0, 0.05) is 25.0 Å². The number of carbonyl (C=O) groups is 1. The second kappa shape index (κ2) is 7.00. The number of carbonyl (C=O) groups excluding carboxylic acids is 1. The maximum absolute atomic E-state index is 12.9. The molecule has 1 N–H and O–H groups in total. The van der Waals surface area contributed by atoms with Crippen molar-refractivity contribution < 1.29 is 4.79 Å². The average molecular weight is 343 g/mol. The van der Waals surface area contributed by atoms with Crippen molar-refractivity contribution >= 4 is 17.4 Å². The predicted octanol–water partition coefficient (Wildman–Crippen LogP) is 4.21. The van der Waals surface area contributed by atoms with Gasteiger partial charge in [0.1, 0.15) is 5.82 Å². The summed E-state index contributed by atoms with van der Waals surface area (Å²) in [6.45, 7) is 3.62. The molecule has 4 nitrogen and oxygen atoms in total. The summed E-state index contributed by atoms with van der Waals surface area (Å²) >= 11 is 0. The van der Waals surface area contributed by atoms with E-state index in [1.807, 2.05) is 43.3 Å². The van der Waals surface area contributed by atoms with Gasteiger partial charge in [-0.1, -0.05) is 42.5 Å². The maximum atomic E-state index is 12.9. The molecule has 1 aromatic heterocycles. The Labute approximate surface area is 153 Å². The topological polar surface area (TPSA) is 45.2 Å². The summed E-state index contributed by atoms with van der Waals surface area (Å²) in [7, 11) is 0. The lowest BCUT2D eigenvalue weighted by molar-refractivity contribution is 0.102. The van der Waals surface area contributed by atoms with Gasteiger partial charge in [0.2, 0.25) is 0 Å². The second-order valence-corrected chi connectivity index (χ2v) is 6.58. The molecule has 0 saturated heterocycles. The fourth-order valence-corrected chi connectivity index (χ4v) is 3.41. The normalized spacial score (nSPS) is 13.2. The molecule has 2 aromatic carbocycles. The van der Waals surface area contributed by atoms with Crippen molar-refractivity contribution in [3.05, 3.63) is 89.1 Å². The number of aryl methyl sites for hydroxylation is 1. The number of rotatable bonds is 3. The molecule has 4 heteroatoms. The zero-order chi connectivity index (χ0) is 17.9. The summed E-state index contributed by atoms with van der Waals surface area (Å²) in [6, 6.07) is 19.9. The molecule has 130 valence electrons. The summed E-state index contributed by atoms with van der Waals surface area (Å²) < 4.78 is 0. The number of nitrogens with one attached hydrogen (secondary N) is 1. The van der Waals surface area contributed by atoms with Crippen LogP contribution in [-0.4, -0.2) is 17.4 Å². The number of fused-ring (bicyclic) bond motifs is 1. The Balaban J connectivity index is 1.61. The molecule has 26 heavy (non-hydrogen) atoms. The molecule has 0 saturated carbocycles. The Morgan fingerprint density at radius 1 is 1.00 bits per heavy atom. The summed E-state index contributed by atoms with van der Waals surface area (Å²) in [5, 5.41) is 3.02. The van der Waals surface area contributed by atoms with Crippen LogP contribution >= 0.6 is 0 Å². The van der Waals surface area contributed by atoms with Crippen molar-refractivity contribution in [2.75, 3.05) is 16.8 Å². The van der Waals surface area contributed by atoms with Crippen molar-refractivity contribution in [3.8, 4) is 0 Å². The van der Waals surface area contributed by atoms with Gasteiger partial charge in [-0.3, -0.25) is 4.79 Å². The molecule has 0 radical (unpaired) electrons. The number of para-hydroxylation sites is 1. The molecule has 2 heterocycles. The van der Waals surface area contributed by atoms with Gasteiger partial charge in [0.05, 0.1) is 5.56 Å². The van der Waals surface area contributed by atoms with Gasteiger partial charge in [-0.25, -0.2) is 4.98 Å². The number of benzene rings is 2. The van der Waals surface area contributed by atoms with Crippen LogP contribution in [0.25, 0.3) is 0 Å². The van der Waals surface area contributed by atoms with Crippen molar-refractivity contribution in [2.24, 2.45) is 0 Å². The zero-order valence-corrected chi connectivity index (χ0v) is 14.8. The molecule has 0 bridgehead atoms. The number of amides is 1. The lowest BCUT2D eigenvalue weighted by Gasteiger charge is -2.30. The Morgan fingerprint density at radius 2 is 1.77 bits per heavy atom.